The van der Waals surface area contributed by atoms with Crippen LogP contribution in [0.25, 0.3) is 89.2 Å². The van der Waals surface area contributed by atoms with Crippen LogP contribution in [0.1, 0.15) is 25.0 Å². The molecule has 0 aliphatic heterocycles. The topological polar surface area (TPSA) is 25.8 Å². The van der Waals surface area contributed by atoms with Gasteiger partial charge in [-0.25, -0.2) is 9.97 Å². The average molecular weight is 703 g/mol. The first-order valence-electron chi connectivity index (χ1n) is 19.0. The highest BCUT2D eigenvalue weighted by Crippen LogP contribution is 2.52. The number of para-hydroxylation sites is 1. The highest BCUT2D eigenvalue weighted by atomic mass is 14.9. The number of benzene rings is 8. The van der Waals surface area contributed by atoms with Crippen LogP contribution in [0.2, 0.25) is 0 Å². The maximum Gasteiger partial charge on any atom is 0.161 e. The molecule has 0 amide bonds. The van der Waals surface area contributed by atoms with Crippen LogP contribution in [0.5, 0.6) is 0 Å². The molecule has 0 bridgehead atoms. The van der Waals surface area contributed by atoms with Crippen LogP contribution in [-0.4, -0.2) is 9.97 Å². The standard InChI is InChI=1S/C53H38N2/c1-53(2)47-27-11-9-24-44(47)50-46(26-15-28-48(50)53)52-54-49-29-12-10-25-45(49)51(55-52)43-33-41(39-22-13-20-37(30-39)35-16-5-3-6-17-35)32-42(34-43)40-23-14-21-38(31-40)36-18-7-4-8-19-36/h3-34H,1-2H3. The number of hydrogen-bond donors (Lipinski definition) is 0. The van der Waals surface area contributed by atoms with E-state index in [1.807, 2.05) is 0 Å². The molecule has 1 aliphatic carbocycles. The molecule has 0 saturated carbocycles. The van der Waals surface area contributed by atoms with Gasteiger partial charge in [-0.05, 0) is 103 Å². The Hall–Kier alpha value is -6.90. The molecule has 1 heterocycles. The summed E-state index contributed by atoms with van der Waals surface area (Å²) in [5.41, 5.74) is 18.3. The molecule has 2 heteroatoms. The predicted molar refractivity (Wildman–Crippen MR) is 230 cm³/mol. The minimum atomic E-state index is -0.118. The summed E-state index contributed by atoms with van der Waals surface area (Å²) >= 11 is 0. The Balaban J connectivity index is 1.20. The lowest BCUT2D eigenvalue weighted by atomic mass is 9.82. The molecule has 0 radical (unpaired) electrons. The molecule has 0 fully saturated rings. The molecule has 0 spiro atoms. The largest absolute Gasteiger partial charge is 0.228 e. The van der Waals surface area contributed by atoms with Gasteiger partial charge in [0.1, 0.15) is 0 Å². The Labute approximate surface area is 322 Å². The van der Waals surface area contributed by atoms with Gasteiger partial charge in [0.05, 0.1) is 11.2 Å². The molecular weight excluding hydrogens is 665 g/mol. The van der Waals surface area contributed by atoms with Crippen LogP contribution >= 0.6 is 0 Å². The summed E-state index contributed by atoms with van der Waals surface area (Å²) in [7, 11) is 0. The van der Waals surface area contributed by atoms with Crippen LogP contribution in [0.3, 0.4) is 0 Å². The van der Waals surface area contributed by atoms with Gasteiger partial charge in [0.25, 0.3) is 0 Å². The van der Waals surface area contributed by atoms with Crippen molar-refractivity contribution in [1.29, 1.82) is 0 Å². The summed E-state index contributed by atoms with van der Waals surface area (Å²) in [6.07, 6.45) is 0. The molecule has 2 nitrogen and oxygen atoms in total. The van der Waals surface area contributed by atoms with Gasteiger partial charge in [-0.2, -0.15) is 0 Å². The Morgan fingerprint density at radius 2 is 0.800 bits per heavy atom. The molecule has 8 aromatic carbocycles. The third kappa shape index (κ3) is 5.75. The van der Waals surface area contributed by atoms with E-state index < -0.39 is 0 Å². The summed E-state index contributed by atoms with van der Waals surface area (Å²) in [4.78, 5) is 10.8. The van der Waals surface area contributed by atoms with Crippen LogP contribution in [0, 0.1) is 0 Å². The molecule has 9 aromatic rings. The van der Waals surface area contributed by atoms with E-state index in [0.717, 1.165) is 55.8 Å². The fourth-order valence-electron chi connectivity index (χ4n) is 8.47. The van der Waals surface area contributed by atoms with Crippen molar-refractivity contribution in [3.63, 3.8) is 0 Å². The summed E-state index contributed by atoms with van der Waals surface area (Å²) < 4.78 is 0. The quantitative estimate of drug-likeness (QED) is 0.172. The van der Waals surface area contributed by atoms with Gasteiger partial charge < -0.3 is 0 Å². The van der Waals surface area contributed by atoms with E-state index in [1.54, 1.807) is 0 Å². The molecule has 55 heavy (non-hydrogen) atoms. The zero-order valence-corrected chi connectivity index (χ0v) is 30.9. The number of aromatic nitrogens is 2. The Morgan fingerprint density at radius 1 is 0.345 bits per heavy atom. The summed E-state index contributed by atoms with van der Waals surface area (Å²) in [6.45, 7) is 4.64. The van der Waals surface area contributed by atoms with E-state index in [2.05, 4.69) is 208 Å². The minimum Gasteiger partial charge on any atom is -0.228 e. The monoisotopic (exact) mass is 702 g/mol. The van der Waals surface area contributed by atoms with E-state index in [0.29, 0.717) is 0 Å². The van der Waals surface area contributed by atoms with Gasteiger partial charge >= 0.3 is 0 Å². The fraction of sp³-hybridized carbons (Fsp3) is 0.0566. The van der Waals surface area contributed by atoms with Crippen LogP contribution in [-0.2, 0) is 5.41 Å². The average Bonchev–Trinajstić information content (AvgIpc) is 3.49. The smallest absolute Gasteiger partial charge is 0.161 e. The van der Waals surface area contributed by atoms with Gasteiger partial charge in [-0.3, -0.25) is 0 Å². The first kappa shape index (κ1) is 32.7. The molecule has 0 unspecified atom stereocenters. The highest BCUT2D eigenvalue weighted by Gasteiger charge is 2.37. The Kier molecular flexibility index (Phi) is 7.85. The summed E-state index contributed by atoms with van der Waals surface area (Å²) in [6, 6.07) is 69.7. The van der Waals surface area contributed by atoms with Crippen molar-refractivity contribution < 1.29 is 0 Å². The SMILES string of the molecule is CC1(C)c2ccccc2-c2c(-c3nc(-c4cc(-c5cccc(-c6ccccc6)c5)cc(-c5cccc(-c6ccccc6)c5)c4)c4ccccc4n3)cccc21. The van der Waals surface area contributed by atoms with Gasteiger partial charge in [-0.1, -0.05) is 172 Å². The zero-order valence-electron chi connectivity index (χ0n) is 30.9. The number of hydrogen-bond acceptors (Lipinski definition) is 2. The predicted octanol–water partition coefficient (Wildman–Crippen LogP) is 13.9. The maximum absolute atomic E-state index is 5.53. The van der Waals surface area contributed by atoms with Crippen molar-refractivity contribution in [3.05, 3.63) is 205 Å². The van der Waals surface area contributed by atoms with E-state index >= 15 is 0 Å². The lowest BCUT2D eigenvalue weighted by Gasteiger charge is -2.21. The van der Waals surface area contributed by atoms with E-state index in [-0.39, 0.29) is 5.41 Å². The first-order chi connectivity index (χ1) is 27.0. The third-order valence-electron chi connectivity index (χ3n) is 11.3. The number of fused-ring (bicyclic) bond motifs is 4. The molecule has 1 aromatic heterocycles. The van der Waals surface area contributed by atoms with Crippen molar-refractivity contribution in [2.75, 3.05) is 0 Å². The van der Waals surface area contributed by atoms with Gasteiger partial charge in [0.2, 0.25) is 0 Å². The molecule has 0 saturated heterocycles. The van der Waals surface area contributed by atoms with Gasteiger partial charge in [0.15, 0.2) is 5.82 Å². The Morgan fingerprint density at radius 3 is 1.45 bits per heavy atom. The van der Waals surface area contributed by atoms with E-state index in [4.69, 9.17) is 9.97 Å². The van der Waals surface area contributed by atoms with Crippen molar-refractivity contribution in [1.82, 2.24) is 9.97 Å². The van der Waals surface area contributed by atoms with Crippen LogP contribution in [0.4, 0.5) is 0 Å². The van der Waals surface area contributed by atoms with Crippen molar-refractivity contribution >= 4 is 10.9 Å². The lowest BCUT2D eigenvalue weighted by molar-refractivity contribution is 0.660. The van der Waals surface area contributed by atoms with Gasteiger partial charge in [0, 0.05) is 21.9 Å². The number of rotatable bonds is 6. The highest BCUT2D eigenvalue weighted by molar-refractivity contribution is 5.98. The fourth-order valence-corrected chi connectivity index (χ4v) is 8.47. The second kappa shape index (κ2) is 13.2. The molecule has 1 aliphatic rings. The van der Waals surface area contributed by atoms with Crippen molar-refractivity contribution in [2.24, 2.45) is 0 Å². The summed E-state index contributed by atoms with van der Waals surface area (Å²) in [5.74, 6) is 0.738. The second-order valence-electron chi connectivity index (χ2n) is 15.0. The molecule has 10 rings (SSSR count). The molecule has 0 atom stereocenters. The second-order valence-corrected chi connectivity index (χ2v) is 15.0. The van der Waals surface area contributed by atoms with Crippen LogP contribution in [0.15, 0.2) is 194 Å². The lowest BCUT2D eigenvalue weighted by Crippen LogP contribution is -2.14. The van der Waals surface area contributed by atoms with E-state index in [1.165, 1.54) is 44.5 Å². The normalized spacial score (nSPS) is 12.7. The molecule has 0 N–H and O–H groups in total. The number of nitrogens with zero attached hydrogens (tertiary/aromatic N) is 2. The zero-order chi connectivity index (χ0) is 36.9. The third-order valence-corrected chi connectivity index (χ3v) is 11.3. The molecule has 260 valence electrons. The summed E-state index contributed by atoms with van der Waals surface area (Å²) in [5, 5.41) is 1.03. The van der Waals surface area contributed by atoms with Crippen LogP contribution < -0.4 is 0 Å². The van der Waals surface area contributed by atoms with Crippen molar-refractivity contribution in [2.45, 2.75) is 19.3 Å². The van der Waals surface area contributed by atoms with E-state index in [9.17, 15) is 0 Å². The molecular formula is C53H38N2. The maximum atomic E-state index is 5.53. The first-order valence-corrected chi connectivity index (χ1v) is 19.0. The van der Waals surface area contributed by atoms with Crippen molar-refractivity contribution in [3.8, 4) is 78.3 Å². The minimum absolute atomic E-state index is 0.118. The Bertz CT molecular complexity index is 2790. The van der Waals surface area contributed by atoms with Gasteiger partial charge in [-0.15, -0.1) is 0 Å².